The summed E-state index contributed by atoms with van der Waals surface area (Å²) < 4.78 is 67.6. The molecule has 130 valence electrons. The van der Waals surface area contributed by atoms with Crippen LogP contribution in [-0.4, -0.2) is 20.5 Å². The molecule has 0 saturated heterocycles. The van der Waals surface area contributed by atoms with Crippen LogP contribution in [0.25, 0.3) is 0 Å². The highest BCUT2D eigenvalue weighted by molar-refractivity contribution is 5.86. The quantitative estimate of drug-likeness (QED) is 0.640. The van der Waals surface area contributed by atoms with E-state index in [2.05, 4.69) is 10.1 Å². The Labute approximate surface area is 135 Å². The Morgan fingerprint density at radius 3 is 1.96 bits per heavy atom. The normalized spacial score (nSPS) is 10.6. The van der Waals surface area contributed by atoms with Crippen LogP contribution >= 0.6 is 0 Å². The van der Waals surface area contributed by atoms with E-state index >= 15 is 0 Å². The van der Waals surface area contributed by atoms with E-state index in [9.17, 15) is 26.7 Å². The highest BCUT2D eigenvalue weighted by Crippen LogP contribution is 2.30. The number of aldehydes is 1. The maximum atomic E-state index is 13.1. The molecule has 0 heterocycles. The lowest BCUT2D eigenvalue weighted by atomic mass is 10.1. The summed E-state index contributed by atoms with van der Waals surface area (Å²) in [6.07, 6.45) is -4.15. The minimum Gasteiger partial charge on any atom is -0.388 e. The van der Waals surface area contributed by atoms with Crippen molar-refractivity contribution in [2.24, 2.45) is 0 Å². The summed E-state index contributed by atoms with van der Waals surface area (Å²) in [5, 5.41) is 2.56. The molecule has 0 saturated carbocycles. The molecule has 0 atom stereocenters. The molecule has 0 unspecified atom stereocenters. The smallest absolute Gasteiger partial charge is 0.388 e. The molecule has 0 amide bonds. The van der Waals surface area contributed by atoms with Crippen molar-refractivity contribution in [1.82, 2.24) is 0 Å². The van der Waals surface area contributed by atoms with Crippen LogP contribution in [0, 0.1) is 11.6 Å². The molecule has 1 N–H and O–H groups in total. The molecule has 0 aliphatic heterocycles. The zero-order valence-corrected chi connectivity index (χ0v) is 12.7. The van der Waals surface area contributed by atoms with Gasteiger partial charge in [-0.3, -0.25) is 4.79 Å². The van der Waals surface area contributed by atoms with Gasteiger partial charge in [-0.2, -0.15) is 13.2 Å². The van der Waals surface area contributed by atoms with E-state index in [1.54, 1.807) is 14.2 Å². The minimum absolute atomic E-state index is 0.0383. The molecule has 8 heteroatoms. The van der Waals surface area contributed by atoms with Crippen LogP contribution in [-0.2, 0) is 10.9 Å². The second kappa shape index (κ2) is 8.39. The fraction of sp³-hybridized carbons (Fsp3) is 0.188. The summed E-state index contributed by atoms with van der Waals surface area (Å²) in [5.74, 6) is -2.36. The highest BCUT2D eigenvalue weighted by atomic mass is 19.4. The Kier molecular flexibility index (Phi) is 6.84. The standard InChI is InChI=1S/C14H8F5NO.C2H6O/c15-11-5-8(7-21)13(6-12(11)16)20-10-3-1-9(2-4-10)14(17,18)19;1-3-2/h1-7,20H;1-2H3. The number of carbonyl (C=O) groups is 1. The fourth-order valence-electron chi connectivity index (χ4n) is 1.67. The average molecular weight is 347 g/mol. The number of hydrogen-bond donors (Lipinski definition) is 1. The van der Waals surface area contributed by atoms with Crippen molar-refractivity contribution in [3.8, 4) is 0 Å². The number of nitrogens with one attached hydrogen (secondary N) is 1. The van der Waals surface area contributed by atoms with Gasteiger partial charge in [-0.25, -0.2) is 8.78 Å². The lowest BCUT2D eigenvalue weighted by molar-refractivity contribution is -0.137. The monoisotopic (exact) mass is 347 g/mol. The Bertz CT molecular complexity index is 684. The van der Waals surface area contributed by atoms with Crippen molar-refractivity contribution >= 4 is 17.7 Å². The van der Waals surface area contributed by atoms with Gasteiger partial charge in [-0.05, 0) is 30.3 Å². The number of halogens is 5. The van der Waals surface area contributed by atoms with Crippen molar-refractivity contribution in [2.75, 3.05) is 19.5 Å². The van der Waals surface area contributed by atoms with Crippen molar-refractivity contribution in [3.05, 3.63) is 59.2 Å². The fourth-order valence-corrected chi connectivity index (χ4v) is 1.67. The molecule has 0 radical (unpaired) electrons. The summed E-state index contributed by atoms with van der Waals surface area (Å²) in [7, 11) is 3.25. The van der Waals surface area contributed by atoms with Crippen molar-refractivity contribution < 1.29 is 31.5 Å². The van der Waals surface area contributed by atoms with Gasteiger partial charge in [-0.15, -0.1) is 0 Å². The zero-order valence-electron chi connectivity index (χ0n) is 12.7. The second-order valence-electron chi connectivity index (χ2n) is 4.58. The van der Waals surface area contributed by atoms with Gasteiger partial charge in [0.25, 0.3) is 0 Å². The number of methoxy groups -OCH3 is 1. The van der Waals surface area contributed by atoms with Crippen molar-refractivity contribution in [2.45, 2.75) is 6.18 Å². The van der Waals surface area contributed by atoms with Crippen LogP contribution in [0.5, 0.6) is 0 Å². The van der Waals surface area contributed by atoms with Gasteiger partial charge in [0.05, 0.1) is 11.3 Å². The van der Waals surface area contributed by atoms with E-state index in [-0.39, 0.29) is 16.9 Å². The molecular formula is C16H14F5NO2. The molecule has 0 aliphatic carbocycles. The van der Waals surface area contributed by atoms with Crippen molar-refractivity contribution in [1.29, 1.82) is 0 Å². The number of anilines is 2. The van der Waals surface area contributed by atoms with Crippen LogP contribution in [0.1, 0.15) is 15.9 Å². The second-order valence-corrected chi connectivity index (χ2v) is 4.58. The Morgan fingerprint density at radius 2 is 1.50 bits per heavy atom. The van der Waals surface area contributed by atoms with Gasteiger partial charge < -0.3 is 10.1 Å². The third-order valence-corrected chi connectivity index (χ3v) is 2.71. The summed E-state index contributed by atoms with van der Waals surface area (Å²) >= 11 is 0. The maximum absolute atomic E-state index is 13.1. The van der Waals surface area contributed by atoms with E-state index in [0.29, 0.717) is 12.4 Å². The van der Waals surface area contributed by atoms with E-state index < -0.39 is 23.4 Å². The number of rotatable bonds is 3. The van der Waals surface area contributed by atoms with E-state index in [1.807, 2.05) is 0 Å². The third-order valence-electron chi connectivity index (χ3n) is 2.71. The van der Waals surface area contributed by atoms with Gasteiger partial charge in [0.15, 0.2) is 17.9 Å². The van der Waals surface area contributed by atoms with Crippen LogP contribution in [0.4, 0.5) is 33.3 Å². The molecule has 24 heavy (non-hydrogen) atoms. The molecule has 2 rings (SSSR count). The number of benzene rings is 2. The Morgan fingerprint density at radius 1 is 1.00 bits per heavy atom. The molecule has 0 aromatic heterocycles. The van der Waals surface area contributed by atoms with Gasteiger partial charge in [0.1, 0.15) is 0 Å². The summed E-state index contributed by atoms with van der Waals surface area (Å²) in [4.78, 5) is 10.8. The molecular weight excluding hydrogens is 333 g/mol. The van der Waals surface area contributed by atoms with Gasteiger partial charge in [0.2, 0.25) is 0 Å². The Hall–Kier alpha value is -2.48. The lowest BCUT2D eigenvalue weighted by Crippen LogP contribution is -2.04. The summed E-state index contributed by atoms with van der Waals surface area (Å²) in [5.41, 5.74) is -0.816. The van der Waals surface area contributed by atoms with Crippen LogP contribution in [0.15, 0.2) is 36.4 Å². The number of hydrogen-bond acceptors (Lipinski definition) is 3. The number of carbonyl (C=O) groups excluding carboxylic acids is 1. The first-order valence-electron chi connectivity index (χ1n) is 6.51. The van der Waals surface area contributed by atoms with Crippen LogP contribution in [0.3, 0.4) is 0 Å². The van der Waals surface area contributed by atoms with E-state index in [4.69, 9.17) is 0 Å². The third kappa shape index (κ3) is 5.31. The molecule has 0 bridgehead atoms. The molecule has 0 spiro atoms. The lowest BCUT2D eigenvalue weighted by Gasteiger charge is -2.11. The van der Waals surface area contributed by atoms with Crippen LogP contribution in [0.2, 0.25) is 0 Å². The predicted octanol–water partition coefficient (Wildman–Crippen LogP) is 4.80. The average Bonchev–Trinajstić information content (AvgIpc) is 2.51. The van der Waals surface area contributed by atoms with Gasteiger partial charge in [0, 0.05) is 31.5 Å². The SMILES string of the molecule is COC.O=Cc1cc(F)c(F)cc1Nc1ccc(C(F)(F)F)cc1. The molecule has 2 aromatic carbocycles. The summed E-state index contributed by atoms with van der Waals surface area (Å²) in [6, 6.07) is 5.38. The predicted molar refractivity (Wildman–Crippen MR) is 79.4 cm³/mol. The van der Waals surface area contributed by atoms with Gasteiger partial charge in [-0.1, -0.05) is 0 Å². The molecule has 3 nitrogen and oxygen atoms in total. The van der Waals surface area contributed by atoms with Crippen LogP contribution < -0.4 is 5.32 Å². The molecule has 0 aliphatic rings. The number of ether oxygens (including phenoxy) is 1. The zero-order chi connectivity index (χ0) is 18.3. The van der Waals surface area contributed by atoms with Gasteiger partial charge >= 0.3 is 6.18 Å². The Balaban J connectivity index is 0.000000891. The largest absolute Gasteiger partial charge is 0.416 e. The minimum atomic E-state index is -4.46. The first kappa shape index (κ1) is 19.6. The maximum Gasteiger partial charge on any atom is 0.416 e. The molecule has 2 aromatic rings. The number of alkyl halides is 3. The first-order chi connectivity index (χ1) is 11.2. The first-order valence-corrected chi connectivity index (χ1v) is 6.51. The van der Waals surface area contributed by atoms with E-state index in [1.165, 1.54) is 0 Å². The topological polar surface area (TPSA) is 38.3 Å². The van der Waals surface area contributed by atoms with Crippen molar-refractivity contribution in [3.63, 3.8) is 0 Å². The highest BCUT2D eigenvalue weighted by Gasteiger charge is 2.29. The molecule has 0 fully saturated rings. The summed E-state index contributed by atoms with van der Waals surface area (Å²) in [6.45, 7) is 0. The van der Waals surface area contributed by atoms with E-state index in [0.717, 1.165) is 30.3 Å².